The third kappa shape index (κ3) is 1.56. The topological polar surface area (TPSA) is 21.3 Å². The van der Waals surface area contributed by atoms with Gasteiger partial charge >= 0.3 is 0 Å². The highest BCUT2D eigenvalue weighted by atomic mass is 127. The van der Waals surface area contributed by atoms with Crippen molar-refractivity contribution in [2.75, 3.05) is 6.54 Å². The Morgan fingerprint density at radius 3 is 3.08 bits per heavy atom. The van der Waals surface area contributed by atoms with Crippen LogP contribution in [0.15, 0.2) is 24.3 Å². The van der Waals surface area contributed by atoms with Crippen LogP contribution in [0.5, 0.6) is 5.75 Å². The van der Waals surface area contributed by atoms with Crippen LogP contribution in [0.2, 0.25) is 0 Å². The SMILES string of the molecule is INCC1Cc2ccccc2O1. The summed E-state index contributed by atoms with van der Waals surface area (Å²) in [6.45, 7) is 0.912. The van der Waals surface area contributed by atoms with Crippen molar-refractivity contribution in [2.45, 2.75) is 12.5 Å². The molecule has 1 heterocycles. The first-order valence-electron chi connectivity index (χ1n) is 3.98. The summed E-state index contributed by atoms with van der Waals surface area (Å²) >= 11 is 2.15. The Kier molecular flexibility index (Phi) is 2.51. The number of benzene rings is 1. The predicted octanol–water partition coefficient (Wildman–Crippen LogP) is 1.93. The van der Waals surface area contributed by atoms with E-state index >= 15 is 0 Å². The second-order valence-corrected chi connectivity index (χ2v) is 3.65. The monoisotopic (exact) mass is 275 g/mol. The number of para-hydroxylation sites is 1. The summed E-state index contributed by atoms with van der Waals surface area (Å²) in [4.78, 5) is 0. The van der Waals surface area contributed by atoms with Crippen LogP contribution in [0.4, 0.5) is 0 Å². The molecule has 1 unspecified atom stereocenters. The van der Waals surface area contributed by atoms with Gasteiger partial charge in [-0.1, -0.05) is 18.2 Å². The first kappa shape index (κ1) is 8.31. The Morgan fingerprint density at radius 2 is 2.33 bits per heavy atom. The van der Waals surface area contributed by atoms with Crippen molar-refractivity contribution in [3.05, 3.63) is 29.8 Å². The molecule has 0 aliphatic carbocycles. The molecular formula is C9H10INO. The number of nitrogens with one attached hydrogen (secondary N) is 1. The zero-order chi connectivity index (χ0) is 8.39. The van der Waals surface area contributed by atoms with E-state index in [4.69, 9.17) is 4.74 Å². The molecule has 0 fully saturated rings. The standard InChI is InChI=1S/C9H10INO/c10-11-6-8-5-7-3-1-2-4-9(7)12-8/h1-4,8,11H,5-6H2. The molecule has 0 aromatic heterocycles. The molecular weight excluding hydrogens is 265 g/mol. The van der Waals surface area contributed by atoms with Gasteiger partial charge in [0.2, 0.25) is 0 Å². The minimum absolute atomic E-state index is 0.319. The number of fused-ring (bicyclic) bond motifs is 1. The summed E-state index contributed by atoms with van der Waals surface area (Å²) in [6.07, 6.45) is 1.35. The van der Waals surface area contributed by atoms with Crippen LogP contribution >= 0.6 is 22.9 Å². The van der Waals surface area contributed by atoms with E-state index < -0.39 is 0 Å². The molecule has 2 nitrogen and oxygen atoms in total. The molecule has 3 heteroatoms. The van der Waals surface area contributed by atoms with E-state index in [0.717, 1.165) is 18.7 Å². The van der Waals surface area contributed by atoms with Crippen molar-refractivity contribution < 1.29 is 4.74 Å². The molecule has 1 aliphatic heterocycles. The van der Waals surface area contributed by atoms with E-state index in [1.165, 1.54) is 5.56 Å². The van der Waals surface area contributed by atoms with E-state index in [-0.39, 0.29) is 0 Å². The highest BCUT2D eigenvalue weighted by molar-refractivity contribution is 14.1. The summed E-state index contributed by atoms with van der Waals surface area (Å²) < 4.78 is 8.77. The molecule has 0 bridgehead atoms. The van der Waals surface area contributed by atoms with Gasteiger partial charge in [0.15, 0.2) is 0 Å². The molecule has 12 heavy (non-hydrogen) atoms. The average Bonchev–Trinajstić information content (AvgIpc) is 2.47. The second kappa shape index (κ2) is 3.62. The Balaban J connectivity index is 2.11. The van der Waals surface area contributed by atoms with Crippen molar-refractivity contribution in [1.82, 2.24) is 3.53 Å². The van der Waals surface area contributed by atoms with Crippen molar-refractivity contribution >= 4 is 22.9 Å². The van der Waals surface area contributed by atoms with Gasteiger partial charge in [-0.3, -0.25) is 3.53 Å². The highest BCUT2D eigenvalue weighted by Crippen LogP contribution is 2.27. The summed E-state index contributed by atoms with van der Waals surface area (Å²) in [5.41, 5.74) is 1.33. The first-order chi connectivity index (χ1) is 5.90. The maximum Gasteiger partial charge on any atom is 0.123 e. The lowest BCUT2D eigenvalue weighted by atomic mass is 10.1. The van der Waals surface area contributed by atoms with Crippen molar-refractivity contribution in [2.24, 2.45) is 0 Å². The van der Waals surface area contributed by atoms with Crippen molar-refractivity contribution in [1.29, 1.82) is 0 Å². The van der Waals surface area contributed by atoms with Gasteiger partial charge in [-0.2, -0.15) is 0 Å². The van der Waals surface area contributed by atoms with Gasteiger partial charge in [-0.05, 0) is 11.6 Å². The molecule has 1 aromatic carbocycles. The van der Waals surface area contributed by atoms with E-state index in [1.54, 1.807) is 0 Å². The molecule has 1 aromatic rings. The maximum atomic E-state index is 5.68. The number of ether oxygens (including phenoxy) is 1. The largest absolute Gasteiger partial charge is 0.488 e. The quantitative estimate of drug-likeness (QED) is 0.657. The normalized spacial score (nSPS) is 20.2. The van der Waals surface area contributed by atoms with E-state index in [0.29, 0.717) is 6.10 Å². The lowest BCUT2D eigenvalue weighted by molar-refractivity contribution is 0.239. The zero-order valence-corrected chi connectivity index (χ0v) is 8.74. The molecule has 0 amide bonds. The average molecular weight is 275 g/mol. The van der Waals surface area contributed by atoms with Crippen LogP contribution in [0, 0.1) is 0 Å². The van der Waals surface area contributed by atoms with E-state index in [2.05, 4.69) is 38.5 Å². The fourth-order valence-corrected chi connectivity index (χ4v) is 1.95. The molecule has 1 N–H and O–H groups in total. The first-order valence-corrected chi connectivity index (χ1v) is 5.06. The minimum Gasteiger partial charge on any atom is -0.488 e. The lowest BCUT2D eigenvalue weighted by Crippen LogP contribution is -2.24. The van der Waals surface area contributed by atoms with Gasteiger partial charge in [0.1, 0.15) is 11.9 Å². The number of rotatable bonds is 2. The minimum atomic E-state index is 0.319. The Morgan fingerprint density at radius 1 is 1.50 bits per heavy atom. The van der Waals surface area contributed by atoms with Crippen LogP contribution in [-0.4, -0.2) is 12.6 Å². The molecule has 64 valence electrons. The summed E-state index contributed by atoms with van der Waals surface area (Å²) in [5, 5.41) is 0. The summed E-state index contributed by atoms with van der Waals surface area (Å²) in [5.74, 6) is 1.05. The van der Waals surface area contributed by atoms with Gasteiger partial charge in [-0.25, -0.2) is 0 Å². The van der Waals surface area contributed by atoms with Crippen molar-refractivity contribution in [3.8, 4) is 5.75 Å². The Hall–Kier alpha value is -0.290. The highest BCUT2D eigenvalue weighted by Gasteiger charge is 2.20. The molecule has 0 saturated heterocycles. The lowest BCUT2D eigenvalue weighted by Gasteiger charge is -2.07. The Bertz CT molecular complexity index is 252. The maximum absolute atomic E-state index is 5.68. The van der Waals surface area contributed by atoms with Crippen LogP contribution in [-0.2, 0) is 6.42 Å². The second-order valence-electron chi connectivity index (χ2n) is 2.89. The summed E-state index contributed by atoms with van der Waals surface area (Å²) in [6, 6.07) is 8.23. The zero-order valence-electron chi connectivity index (χ0n) is 6.59. The van der Waals surface area contributed by atoms with Gasteiger partial charge < -0.3 is 4.74 Å². The molecule has 0 saturated carbocycles. The smallest absolute Gasteiger partial charge is 0.123 e. The van der Waals surface area contributed by atoms with Crippen LogP contribution in [0.25, 0.3) is 0 Å². The van der Waals surface area contributed by atoms with Crippen molar-refractivity contribution in [3.63, 3.8) is 0 Å². The van der Waals surface area contributed by atoms with Crippen LogP contribution in [0.1, 0.15) is 5.56 Å². The fourth-order valence-electron chi connectivity index (χ4n) is 1.45. The number of hydrogen-bond acceptors (Lipinski definition) is 2. The van der Waals surface area contributed by atoms with Gasteiger partial charge in [0, 0.05) is 35.8 Å². The number of halogens is 1. The van der Waals surface area contributed by atoms with E-state index in [9.17, 15) is 0 Å². The summed E-state index contributed by atoms with van der Waals surface area (Å²) in [7, 11) is 0. The van der Waals surface area contributed by atoms with Crippen LogP contribution in [0.3, 0.4) is 0 Å². The van der Waals surface area contributed by atoms with Crippen LogP contribution < -0.4 is 8.27 Å². The molecule has 1 aliphatic rings. The van der Waals surface area contributed by atoms with Gasteiger partial charge in [0.05, 0.1) is 0 Å². The molecule has 0 spiro atoms. The van der Waals surface area contributed by atoms with Gasteiger partial charge in [-0.15, -0.1) is 0 Å². The third-order valence-electron chi connectivity index (χ3n) is 2.02. The molecule has 2 rings (SSSR count). The number of hydrogen-bond donors (Lipinski definition) is 1. The molecule has 1 atom stereocenters. The third-order valence-corrected chi connectivity index (χ3v) is 2.46. The predicted molar refractivity (Wildman–Crippen MR) is 56.6 cm³/mol. The molecule has 0 radical (unpaired) electrons. The van der Waals surface area contributed by atoms with Gasteiger partial charge in [0.25, 0.3) is 0 Å². The Labute approximate surface area is 85.8 Å². The fraction of sp³-hybridized carbons (Fsp3) is 0.333. The van der Waals surface area contributed by atoms with E-state index in [1.807, 2.05) is 12.1 Å².